The number of hydrogen-bond donors (Lipinski definition) is 3. The third kappa shape index (κ3) is 3.91. The van der Waals surface area contributed by atoms with Crippen molar-refractivity contribution in [2.45, 2.75) is 32.7 Å². The quantitative estimate of drug-likeness (QED) is 0.521. The molecule has 0 saturated heterocycles. The van der Waals surface area contributed by atoms with Crippen molar-refractivity contribution in [1.82, 2.24) is 19.8 Å². The third-order valence-corrected chi connectivity index (χ3v) is 4.41. The number of aryl methyl sites for hydroxylation is 2. The fourth-order valence-electron chi connectivity index (χ4n) is 2.50. The van der Waals surface area contributed by atoms with E-state index in [1.807, 2.05) is 6.92 Å². The Morgan fingerprint density at radius 2 is 2.12 bits per heavy atom. The van der Waals surface area contributed by atoms with Gasteiger partial charge < -0.3 is 15.2 Å². The van der Waals surface area contributed by atoms with E-state index in [1.54, 1.807) is 35.7 Å². The summed E-state index contributed by atoms with van der Waals surface area (Å²) in [5, 5.41) is 23.7. The second kappa shape index (κ2) is 7.65. The molecule has 0 amide bonds. The number of fused-ring (bicyclic) bond motifs is 1. The number of nitrogens with one attached hydrogen (secondary N) is 2. The Kier molecular flexibility index (Phi) is 5.32. The highest BCUT2D eigenvalue weighted by Gasteiger charge is 2.13. The Labute approximate surface area is 155 Å². The van der Waals surface area contributed by atoms with Gasteiger partial charge in [0.2, 0.25) is 0 Å². The van der Waals surface area contributed by atoms with Crippen molar-refractivity contribution in [3.63, 3.8) is 0 Å². The molecule has 0 aliphatic heterocycles. The first-order valence-corrected chi connectivity index (χ1v) is 8.64. The molecule has 1 unspecified atom stereocenters. The van der Waals surface area contributed by atoms with Gasteiger partial charge in [-0.2, -0.15) is 0 Å². The predicted octanol–water partition coefficient (Wildman–Crippen LogP) is 2.92. The Morgan fingerprint density at radius 3 is 2.81 bits per heavy atom. The normalized spacial score (nSPS) is 12.3. The second-order valence-electron chi connectivity index (χ2n) is 6.01. The molecule has 0 fully saturated rings. The molecule has 1 aromatic carbocycles. The molecular weight excluding hydrogens is 358 g/mol. The fraction of sp³-hybridized carbons (Fsp3) is 0.353. The number of aromatic nitrogens is 4. The number of benzene rings is 1. The molecule has 9 heteroatoms. The standard InChI is InChI=1S/C17H20ClN5O3/c1-10-15(18)16-21-20-14(23(16)22-10)4-3-9-26-13-7-5-12(6-8-13)19-11(2)17(24)25/h5-8,11,19,22H,3-4,9H2,1-2H3,(H,24,25). The zero-order valence-electron chi connectivity index (χ0n) is 14.5. The van der Waals surface area contributed by atoms with Crippen molar-refractivity contribution in [2.24, 2.45) is 0 Å². The fourth-order valence-corrected chi connectivity index (χ4v) is 2.67. The SMILES string of the molecule is Cc1[nH]n2c(CCCOc3ccc(NC(C)C(=O)O)cc3)nnc2c1Cl. The molecule has 2 heterocycles. The molecule has 2 aromatic heterocycles. The number of halogens is 1. The number of H-pyrrole nitrogens is 1. The Bertz CT molecular complexity index is 903. The molecular formula is C17H20ClN5O3. The Morgan fingerprint density at radius 1 is 1.38 bits per heavy atom. The first-order chi connectivity index (χ1) is 12.5. The molecule has 0 aliphatic rings. The molecule has 0 radical (unpaired) electrons. The van der Waals surface area contributed by atoms with Gasteiger partial charge in [-0.3, -0.25) is 9.89 Å². The van der Waals surface area contributed by atoms with Crippen molar-refractivity contribution in [3.05, 3.63) is 40.8 Å². The van der Waals surface area contributed by atoms with Crippen LogP contribution in [0.25, 0.3) is 5.65 Å². The highest BCUT2D eigenvalue weighted by atomic mass is 35.5. The van der Waals surface area contributed by atoms with Crippen LogP contribution in [0.1, 0.15) is 24.9 Å². The highest BCUT2D eigenvalue weighted by molar-refractivity contribution is 6.34. The van der Waals surface area contributed by atoms with E-state index in [0.29, 0.717) is 23.7 Å². The van der Waals surface area contributed by atoms with Gasteiger partial charge in [-0.05, 0) is 44.5 Å². The van der Waals surface area contributed by atoms with Crippen LogP contribution in [0.3, 0.4) is 0 Å². The minimum absolute atomic E-state index is 0.528. The lowest BCUT2D eigenvalue weighted by Crippen LogP contribution is -2.25. The summed E-state index contributed by atoms with van der Waals surface area (Å²) in [5.74, 6) is 0.635. The maximum atomic E-state index is 10.8. The zero-order valence-corrected chi connectivity index (χ0v) is 15.2. The number of aliphatic carboxylic acids is 1. The lowest BCUT2D eigenvalue weighted by atomic mass is 10.2. The van der Waals surface area contributed by atoms with Crippen LogP contribution in [0.15, 0.2) is 24.3 Å². The number of aromatic amines is 1. The van der Waals surface area contributed by atoms with Crippen LogP contribution in [0.5, 0.6) is 5.75 Å². The molecule has 0 saturated carbocycles. The van der Waals surface area contributed by atoms with E-state index in [1.165, 1.54) is 0 Å². The van der Waals surface area contributed by atoms with Crippen LogP contribution >= 0.6 is 11.6 Å². The molecule has 8 nitrogen and oxygen atoms in total. The molecule has 26 heavy (non-hydrogen) atoms. The Hall–Kier alpha value is -2.74. The monoisotopic (exact) mass is 377 g/mol. The van der Waals surface area contributed by atoms with Crippen LogP contribution in [0, 0.1) is 6.92 Å². The van der Waals surface area contributed by atoms with Crippen molar-refractivity contribution in [2.75, 3.05) is 11.9 Å². The average molecular weight is 378 g/mol. The maximum Gasteiger partial charge on any atom is 0.325 e. The second-order valence-corrected chi connectivity index (χ2v) is 6.38. The lowest BCUT2D eigenvalue weighted by Gasteiger charge is -2.11. The van der Waals surface area contributed by atoms with Gasteiger partial charge in [0.05, 0.1) is 12.3 Å². The minimum Gasteiger partial charge on any atom is -0.494 e. The number of nitrogens with zero attached hydrogens (tertiary/aromatic N) is 3. The summed E-state index contributed by atoms with van der Waals surface area (Å²) in [6, 6.07) is 6.55. The summed E-state index contributed by atoms with van der Waals surface area (Å²) in [6.45, 7) is 4.01. The summed E-state index contributed by atoms with van der Waals surface area (Å²) in [6.07, 6.45) is 1.47. The zero-order chi connectivity index (χ0) is 18.7. The van der Waals surface area contributed by atoms with Crippen LogP contribution in [-0.2, 0) is 11.2 Å². The van der Waals surface area contributed by atoms with E-state index in [0.717, 1.165) is 29.4 Å². The Balaban J connectivity index is 1.48. The molecule has 0 spiro atoms. The van der Waals surface area contributed by atoms with Gasteiger partial charge in [0.15, 0.2) is 11.5 Å². The number of anilines is 1. The van der Waals surface area contributed by atoms with Crippen molar-refractivity contribution in [1.29, 1.82) is 0 Å². The number of carboxylic acids is 1. The van der Waals surface area contributed by atoms with Gasteiger partial charge in [0.1, 0.15) is 16.8 Å². The van der Waals surface area contributed by atoms with Crippen LogP contribution in [0.2, 0.25) is 5.02 Å². The molecule has 0 bridgehead atoms. The predicted molar refractivity (Wildman–Crippen MR) is 98.1 cm³/mol. The van der Waals surface area contributed by atoms with E-state index < -0.39 is 12.0 Å². The van der Waals surface area contributed by atoms with Gasteiger partial charge >= 0.3 is 5.97 Å². The molecule has 3 aromatic rings. The first-order valence-electron chi connectivity index (χ1n) is 8.26. The number of rotatable bonds is 8. The van der Waals surface area contributed by atoms with Gasteiger partial charge in [-0.1, -0.05) is 11.6 Å². The van der Waals surface area contributed by atoms with Gasteiger partial charge in [0, 0.05) is 12.1 Å². The molecule has 3 rings (SSSR count). The van der Waals surface area contributed by atoms with Crippen LogP contribution < -0.4 is 10.1 Å². The lowest BCUT2D eigenvalue weighted by molar-refractivity contribution is -0.137. The van der Waals surface area contributed by atoms with E-state index in [9.17, 15) is 4.79 Å². The van der Waals surface area contributed by atoms with E-state index >= 15 is 0 Å². The smallest absolute Gasteiger partial charge is 0.325 e. The maximum absolute atomic E-state index is 10.8. The summed E-state index contributed by atoms with van der Waals surface area (Å²) >= 11 is 6.14. The summed E-state index contributed by atoms with van der Waals surface area (Å²) < 4.78 is 7.51. The third-order valence-electron chi connectivity index (χ3n) is 3.96. The molecule has 1 atom stereocenters. The minimum atomic E-state index is -0.897. The van der Waals surface area contributed by atoms with Crippen molar-refractivity contribution >= 4 is 28.9 Å². The van der Waals surface area contributed by atoms with Crippen molar-refractivity contribution < 1.29 is 14.6 Å². The number of ether oxygens (including phenoxy) is 1. The largest absolute Gasteiger partial charge is 0.494 e. The topological polar surface area (TPSA) is 105 Å². The average Bonchev–Trinajstić information content (AvgIpc) is 3.13. The summed E-state index contributed by atoms with van der Waals surface area (Å²) in [7, 11) is 0. The van der Waals surface area contributed by atoms with Crippen LogP contribution in [0.4, 0.5) is 5.69 Å². The first kappa shape index (κ1) is 18.1. The van der Waals surface area contributed by atoms with Gasteiger partial charge in [-0.25, -0.2) is 4.52 Å². The molecule has 3 N–H and O–H groups in total. The summed E-state index contributed by atoms with van der Waals surface area (Å²) in [5.41, 5.74) is 2.23. The van der Waals surface area contributed by atoms with Crippen molar-refractivity contribution in [3.8, 4) is 5.75 Å². The van der Waals surface area contributed by atoms with Gasteiger partial charge in [-0.15, -0.1) is 10.2 Å². The number of hydrogen-bond acceptors (Lipinski definition) is 5. The summed E-state index contributed by atoms with van der Waals surface area (Å²) in [4.78, 5) is 10.8. The van der Waals surface area contributed by atoms with Gasteiger partial charge in [0.25, 0.3) is 0 Å². The molecule has 0 aliphatic carbocycles. The highest BCUT2D eigenvalue weighted by Crippen LogP contribution is 2.20. The van der Waals surface area contributed by atoms with E-state index in [2.05, 4.69) is 20.6 Å². The number of carbonyl (C=O) groups is 1. The number of carboxylic acid groups (broad SMARTS) is 1. The molecule has 138 valence electrons. The van der Waals surface area contributed by atoms with Crippen LogP contribution in [-0.4, -0.2) is 43.5 Å². The van der Waals surface area contributed by atoms with E-state index in [-0.39, 0.29) is 0 Å². The van der Waals surface area contributed by atoms with E-state index in [4.69, 9.17) is 21.4 Å².